The SMILES string of the molecule is COc1ccc(S(=O)(=O)Oc2c(C)cccc2C)cc1OC. The van der Waals surface area contributed by atoms with Crippen molar-refractivity contribution in [3.63, 3.8) is 0 Å². The summed E-state index contributed by atoms with van der Waals surface area (Å²) in [7, 11) is -1.02. The number of hydrogen-bond acceptors (Lipinski definition) is 5. The van der Waals surface area contributed by atoms with Crippen LogP contribution >= 0.6 is 0 Å². The van der Waals surface area contributed by atoms with Crippen LogP contribution in [0.3, 0.4) is 0 Å². The predicted octanol–water partition coefficient (Wildman–Crippen LogP) is 3.09. The van der Waals surface area contributed by atoms with Gasteiger partial charge in [0.05, 0.1) is 14.2 Å². The van der Waals surface area contributed by atoms with E-state index < -0.39 is 10.1 Å². The lowest BCUT2D eigenvalue weighted by atomic mass is 10.1. The fourth-order valence-corrected chi connectivity index (χ4v) is 3.13. The van der Waals surface area contributed by atoms with Crippen LogP contribution in [0.1, 0.15) is 11.1 Å². The molecule has 0 atom stereocenters. The maximum Gasteiger partial charge on any atom is 0.339 e. The van der Waals surface area contributed by atoms with Gasteiger partial charge in [-0.15, -0.1) is 0 Å². The van der Waals surface area contributed by atoms with Crippen molar-refractivity contribution in [2.75, 3.05) is 14.2 Å². The second kappa shape index (κ2) is 6.27. The Morgan fingerprint density at radius 3 is 2.00 bits per heavy atom. The van der Waals surface area contributed by atoms with E-state index in [4.69, 9.17) is 13.7 Å². The number of para-hydroxylation sites is 1. The molecule has 0 aliphatic heterocycles. The van der Waals surface area contributed by atoms with Crippen LogP contribution in [-0.4, -0.2) is 22.6 Å². The van der Waals surface area contributed by atoms with Gasteiger partial charge in [0.25, 0.3) is 0 Å². The molecule has 2 rings (SSSR count). The topological polar surface area (TPSA) is 61.8 Å². The molecule has 0 saturated carbocycles. The molecule has 0 aliphatic rings. The van der Waals surface area contributed by atoms with E-state index in [9.17, 15) is 8.42 Å². The third-order valence-corrected chi connectivity index (χ3v) is 4.46. The molecule has 118 valence electrons. The molecular formula is C16H18O5S. The van der Waals surface area contributed by atoms with Crippen LogP contribution < -0.4 is 13.7 Å². The van der Waals surface area contributed by atoms with Crippen molar-refractivity contribution in [3.05, 3.63) is 47.5 Å². The first-order valence-electron chi connectivity index (χ1n) is 6.62. The van der Waals surface area contributed by atoms with Crippen molar-refractivity contribution in [2.24, 2.45) is 0 Å². The molecule has 0 saturated heterocycles. The first-order chi connectivity index (χ1) is 10.4. The quantitative estimate of drug-likeness (QED) is 0.792. The van der Waals surface area contributed by atoms with Crippen LogP contribution in [0.15, 0.2) is 41.3 Å². The minimum absolute atomic E-state index is 0.00723. The molecule has 5 nitrogen and oxygen atoms in total. The van der Waals surface area contributed by atoms with E-state index in [1.165, 1.54) is 32.4 Å². The van der Waals surface area contributed by atoms with E-state index in [2.05, 4.69) is 0 Å². The summed E-state index contributed by atoms with van der Waals surface area (Å²) < 4.78 is 40.4. The third-order valence-electron chi connectivity index (χ3n) is 3.25. The monoisotopic (exact) mass is 322 g/mol. The van der Waals surface area contributed by atoms with Gasteiger partial charge in [-0.2, -0.15) is 8.42 Å². The van der Waals surface area contributed by atoms with Gasteiger partial charge in [-0.1, -0.05) is 18.2 Å². The van der Waals surface area contributed by atoms with Crippen LogP contribution in [0.25, 0.3) is 0 Å². The van der Waals surface area contributed by atoms with Crippen LogP contribution in [0.4, 0.5) is 0 Å². The van der Waals surface area contributed by atoms with E-state index >= 15 is 0 Å². The highest BCUT2D eigenvalue weighted by atomic mass is 32.2. The van der Waals surface area contributed by atoms with Gasteiger partial charge in [-0.05, 0) is 37.1 Å². The van der Waals surface area contributed by atoms with Crippen molar-refractivity contribution < 1.29 is 22.1 Å². The molecule has 0 aliphatic carbocycles. The maximum absolute atomic E-state index is 12.5. The van der Waals surface area contributed by atoms with E-state index in [1.807, 2.05) is 6.07 Å². The molecule has 0 unspecified atom stereocenters. The molecule has 6 heteroatoms. The largest absolute Gasteiger partial charge is 0.493 e. The Kier molecular flexibility index (Phi) is 4.61. The maximum atomic E-state index is 12.5. The zero-order valence-electron chi connectivity index (χ0n) is 12.9. The third kappa shape index (κ3) is 3.17. The number of ether oxygens (including phenoxy) is 2. The Labute approximate surface area is 130 Å². The summed E-state index contributed by atoms with van der Waals surface area (Å²) in [5, 5.41) is 0. The Bertz CT molecular complexity index is 761. The molecule has 0 bridgehead atoms. The average molecular weight is 322 g/mol. The first kappa shape index (κ1) is 16.2. The molecule has 2 aromatic rings. The summed E-state index contributed by atoms with van der Waals surface area (Å²) in [6, 6.07) is 9.77. The fraction of sp³-hybridized carbons (Fsp3) is 0.250. The molecule has 0 fully saturated rings. The Morgan fingerprint density at radius 2 is 1.45 bits per heavy atom. The zero-order valence-corrected chi connectivity index (χ0v) is 13.7. The Hall–Kier alpha value is -2.21. The highest BCUT2D eigenvalue weighted by Crippen LogP contribution is 2.32. The van der Waals surface area contributed by atoms with Gasteiger partial charge in [-0.25, -0.2) is 0 Å². The Morgan fingerprint density at radius 1 is 0.864 bits per heavy atom. The first-order valence-corrected chi connectivity index (χ1v) is 8.02. The number of benzene rings is 2. The Balaban J connectivity index is 2.43. The van der Waals surface area contributed by atoms with Crippen molar-refractivity contribution in [1.82, 2.24) is 0 Å². The zero-order chi connectivity index (χ0) is 16.3. The molecule has 0 N–H and O–H groups in total. The van der Waals surface area contributed by atoms with Gasteiger partial charge in [0.2, 0.25) is 0 Å². The molecule has 2 aromatic carbocycles. The summed E-state index contributed by atoms with van der Waals surface area (Å²) >= 11 is 0. The normalized spacial score (nSPS) is 11.1. The van der Waals surface area contributed by atoms with Gasteiger partial charge in [0.1, 0.15) is 10.6 Å². The van der Waals surface area contributed by atoms with Crippen molar-refractivity contribution in [3.8, 4) is 17.2 Å². The number of hydrogen-bond donors (Lipinski definition) is 0. The smallest absolute Gasteiger partial charge is 0.339 e. The molecule has 0 amide bonds. The number of methoxy groups -OCH3 is 2. The van der Waals surface area contributed by atoms with E-state index in [0.717, 1.165) is 11.1 Å². The van der Waals surface area contributed by atoms with Crippen LogP contribution in [0.5, 0.6) is 17.2 Å². The van der Waals surface area contributed by atoms with E-state index in [0.29, 0.717) is 17.2 Å². The van der Waals surface area contributed by atoms with Gasteiger partial charge >= 0.3 is 10.1 Å². The van der Waals surface area contributed by atoms with Crippen LogP contribution in [-0.2, 0) is 10.1 Å². The fourth-order valence-electron chi connectivity index (χ4n) is 2.06. The molecule has 0 spiro atoms. The predicted molar refractivity (Wildman–Crippen MR) is 83.3 cm³/mol. The van der Waals surface area contributed by atoms with Crippen molar-refractivity contribution in [2.45, 2.75) is 18.7 Å². The van der Waals surface area contributed by atoms with Crippen molar-refractivity contribution >= 4 is 10.1 Å². The highest BCUT2D eigenvalue weighted by molar-refractivity contribution is 7.87. The average Bonchev–Trinajstić information content (AvgIpc) is 2.50. The minimum Gasteiger partial charge on any atom is -0.493 e. The second-order valence-electron chi connectivity index (χ2n) is 4.78. The molecule has 22 heavy (non-hydrogen) atoms. The minimum atomic E-state index is -3.95. The lowest BCUT2D eigenvalue weighted by molar-refractivity contribution is 0.353. The molecular weight excluding hydrogens is 304 g/mol. The lowest BCUT2D eigenvalue weighted by Gasteiger charge is -2.13. The van der Waals surface area contributed by atoms with E-state index in [1.54, 1.807) is 26.0 Å². The lowest BCUT2D eigenvalue weighted by Crippen LogP contribution is -2.11. The van der Waals surface area contributed by atoms with Gasteiger partial charge in [-0.3, -0.25) is 0 Å². The van der Waals surface area contributed by atoms with Gasteiger partial charge < -0.3 is 13.7 Å². The standard InChI is InChI=1S/C16H18O5S/c1-11-6-5-7-12(2)16(11)21-22(17,18)13-8-9-14(19-3)15(10-13)20-4/h5-10H,1-4H3. The molecule has 0 aromatic heterocycles. The van der Waals surface area contributed by atoms with Gasteiger partial charge in [0, 0.05) is 6.07 Å². The summed E-state index contributed by atoms with van der Waals surface area (Å²) in [6.07, 6.45) is 0. The summed E-state index contributed by atoms with van der Waals surface area (Å²) in [5.74, 6) is 1.12. The summed E-state index contributed by atoms with van der Waals surface area (Å²) in [6.45, 7) is 3.60. The number of rotatable bonds is 5. The summed E-state index contributed by atoms with van der Waals surface area (Å²) in [5.41, 5.74) is 1.51. The van der Waals surface area contributed by atoms with Crippen LogP contribution in [0.2, 0.25) is 0 Å². The highest BCUT2D eigenvalue weighted by Gasteiger charge is 2.21. The molecule has 0 heterocycles. The van der Waals surface area contributed by atoms with Crippen LogP contribution in [0, 0.1) is 13.8 Å². The van der Waals surface area contributed by atoms with Gasteiger partial charge in [0.15, 0.2) is 11.5 Å². The van der Waals surface area contributed by atoms with Crippen molar-refractivity contribution in [1.29, 1.82) is 0 Å². The van der Waals surface area contributed by atoms with E-state index in [-0.39, 0.29) is 4.90 Å². The summed E-state index contributed by atoms with van der Waals surface area (Å²) in [4.78, 5) is 0.00723. The second-order valence-corrected chi connectivity index (χ2v) is 6.32. The number of aryl methyl sites for hydroxylation is 2. The molecule has 0 radical (unpaired) electrons.